The number of thiazole rings is 1. The molecule has 1 aromatic carbocycles. The molecule has 0 aliphatic heterocycles. The molecule has 1 amide bonds. The normalized spacial score (nSPS) is 9.91. The van der Waals surface area contributed by atoms with E-state index in [2.05, 4.69) is 22.2 Å². The van der Waals surface area contributed by atoms with Crippen molar-refractivity contribution in [1.29, 1.82) is 0 Å². The number of rotatable bonds is 7. The topological polar surface area (TPSA) is 72.5 Å². The average Bonchev–Trinajstić information content (AvgIpc) is 3.01. The molecule has 0 atom stereocenters. The van der Waals surface area contributed by atoms with Gasteiger partial charge in [-0.1, -0.05) is 6.08 Å². The van der Waals surface area contributed by atoms with Gasteiger partial charge < -0.3 is 20.1 Å². The zero-order valence-corrected chi connectivity index (χ0v) is 13.2. The molecule has 2 rings (SSSR count). The highest BCUT2D eigenvalue weighted by atomic mass is 32.1. The van der Waals surface area contributed by atoms with Gasteiger partial charge in [-0.2, -0.15) is 0 Å². The summed E-state index contributed by atoms with van der Waals surface area (Å²) < 4.78 is 10.5. The molecule has 2 N–H and O–H groups in total. The minimum Gasteiger partial charge on any atom is -0.497 e. The Kier molecular flexibility index (Phi) is 5.37. The molecule has 6 nitrogen and oxygen atoms in total. The van der Waals surface area contributed by atoms with Crippen LogP contribution in [0, 0.1) is 0 Å². The Morgan fingerprint density at radius 1 is 1.41 bits per heavy atom. The number of nitrogens with one attached hydrogen (secondary N) is 2. The molecule has 0 unspecified atom stereocenters. The maximum absolute atomic E-state index is 11.8. The SMILES string of the molecule is C=CCNC(=O)c1csc(Nc2ccc(OC)cc2OC)n1. The highest BCUT2D eigenvalue weighted by Crippen LogP contribution is 2.32. The Balaban J connectivity index is 2.13. The summed E-state index contributed by atoms with van der Waals surface area (Å²) in [5, 5.41) is 8.11. The zero-order chi connectivity index (χ0) is 15.9. The molecular formula is C15H17N3O3S. The summed E-state index contributed by atoms with van der Waals surface area (Å²) in [4.78, 5) is 16.0. The third-order valence-corrected chi connectivity index (χ3v) is 3.55. The highest BCUT2D eigenvalue weighted by molar-refractivity contribution is 7.14. The van der Waals surface area contributed by atoms with Crippen LogP contribution >= 0.6 is 11.3 Å². The van der Waals surface area contributed by atoms with Crippen LogP contribution in [0.2, 0.25) is 0 Å². The first-order valence-corrected chi connectivity index (χ1v) is 7.39. The summed E-state index contributed by atoms with van der Waals surface area (Å²) in [6.45, 7) is 3.96. The van der Waals surface area contributed by atoms with Crippen LogP contribution in [0.5, 0.6) is 11.5 Å². The van der Waals surface area contributed by atoms with E-state index in [-0.39, 0.29) is 5.91 Å². The van der Waals surface area contributed by atoms with Gasteiger partial charge in [0.25, 0.3) is 5.91 Å². The second-order valence-corrected chi connectivity index (χ2v) is 5.09. The second-order valence-electron chi connectivity index (χ2n) is 4.23. The van der Waals surface area contributed by atoms with E-state index in [1.54, 1.807) is 31.7 Å². The number of hydrogen-bond acceptors (Lipinski definition) is 6. The summed E-state index contributed by atoms with van der Waals surface area (Å²) in [6, 6.07) is 5.42. The van der Waals surface area contributed by atoms with Crippen molar-refractivity contribution in [3.63, 3.8) is 0 Å². The van der Waals surface area contributed by atoms with Crippen LogP contribution in [0.3, 0.4) is 0 Å². The average molecular weight is 319 g/mol. The maximum Gasteiger partial charge on any atom is 0.271 e. The first-order valence-electron chi connectivity index (χ1n) is 6.51. The molecule has 1 aromatic heterocycles. The van der Waals surface area contributed by atoms with Gasteiger partial charge in [-0.3, -0.25) is 4.79 Å². The Bertz CT molecular complexity index is 670. The predicted molar refractivity (Wildman–Crippen MR) is 87.5 cm³/mol. The lowest BCUT2D eigenvalue weighted by Gasteiger charge is -2.10. The van der Waals surface area contributed by atoms with Crippen LogP contribution in [0.15, 0.2) is 36.2 Å². The fraction of sp³-hybridized carbons (Fsp3) is 0.200. The van der Waals surface area contributed by atoms with E-state index in [0.717, 1.165) is 5.69 Å². The van der Waals surface area contributed by atoms with Gasteiger partial charge in [0.1, 0.15) is 17.2 Å². The first-order chi connectivity index (χ1) is 10.7. The van der Waals surface area contributed by atoms with Crippen LogP contribution in [-0.4, -0.2) is 31.7 Å². The summed E-state index contributed by atoms with van der Waals surface area (Å²) >= 11 is 1.34. The van der Waals surface area contributed by atoms with Crippen molar-refractivity contribution >= 4 is 28.1 Å². The Hall–Kier alpha value is -2.54. The minimum atomic E-state index is -0.231. The van der Waals surface area contributed by atoms with Gasteiger partial charge in [0.15, 0.2) is 5.13 Å². The molecule has 2 aromatic rings. The molecule has 0 radical (unpaired) electrons. The largest absolute Gasteiger partial charge is 0.497 e. The molecule has 0 saturated heterocycles. The Morgan fingerprint density at radius 3 is 2.91 bits per heavy atom. The quantitative estimate of drug-likeness (QED) is 0.768. The number of nitrogens with zero attached hydrogens (tertiary/aromatic N) is 1. The third kappa shape index (κ3) is 3.76. The molecule has 22 heavy (non-hydrogen) atoms. The fourth-order valence-corrected chi connectivity index (χ4v) is 2.41. The summed E-state index contributed by atoms with van der Waals surface area (Å²) in [5.74, 6) is 1.10. The summed E-state index contributed by atoms with van der Waals surface area (Å²) in [5.41, 5.74) is 1.11. The van der Waals surface area contributed by atoms with E-state index < -0.39 is 0 Å². The van der Waals surface area contributed by atoms with Crippen LogP contribution in [0.25, 0.3) is 0 Å². The second kappa shape index (κ2) is 7.46. The van der Waals surface area contributed by atoms with Crippen molar-refractivity contribution in [1.82, 2.24) is 10.3 Å². The Labute approximate surface area is 132 Å². The number of methoxy groups -OCH3 is 2. The lowest BCUT2D eigenvalue weighted by molar-refractivity contribution is 0.0954. The van der Waals surface area contributed by atoms with Crippen LogP contribution < -0.4 is 20.1 Å². The van der Waals surface area contributed by atoms with Crippen molar-refractivity contribution in [2.45, 2.75) is 0 Å². The summed E-state index contributed by atoms with van der Waals surface area (Å²) in [7, 11) is 3.17. The van der Waals surface area contributed by atoms with E-state index in [1.165, 1.54) is 11.3 Å². The van der Waals surface area contributed by atoms with Gasteiger partial charge in [0, 0.05) is 18.0 Å². The standard InChI is InChI=1S/C15H17N3O3S/c1-4-7-16-14(19)12-9-22-15(18-12)17-11-6-5-10(20-2)8-13(11)21-3/h4-6,8-9H,1,7H2,2-3H3,(H,16,19)(H,17,18). The van der Waals surface area contributed by atoms with Gasteiger partial charge in [-0.05, 0) is 12.1 Å². The first kappa shape index (κ1) is 15.8. The van der Waals surface area contributed by atoms with Crippen LogP contribution in [0.1, 0.15) is 10.5 Å². The van der Waals surface area contributed by atoms with Crippen molar-refractivity contribution < 1.29 is 14.3 Å². The highest BCUT2D eigenvalue weighted by Gasteiger charge is 2.11. The number of benzene rings is 1. The molecule has 116 valence electrons. The van der Waals surface area contributed by atoms with Gasteiger partial charge in [0.05, 0.1) is 19.9 Å². The number of carbonyl (C=O) groups excluding carboxylic acids is 1. The Morgan fingerprint density at radius 2 is 2.23 bits per heavy atom. The maximum atomic E-state index is 11.8. The van der Waals surface area contributed by atoms with Gasteiger partial charge >= 0.3 is 0 Å². The number of aromatic nitrogens is 1. The number of anilines is 2. The molecule has 0 spiro atoms. The molecule has 0 saturated carbocycles. The molecule has 7 heteroatoms. The number of ether oxygens (including phenoxy) is 2. The van der Waals surface area contributed by atoms with Crippen molar-refractivity contribution in [3.8, 4) is 11.5 Å². The summed E-state index contributed by atoms with van der Waals surface area (Å²) in [6.07, 6.45) is 1.62. The van der Waals surface area contributed by atoms with E-state index in [0.29, 0.717) is 28.9 Å². The van der Waals surface area contributed by atoms with Crippen molar-refractivity contribution in [2.24, 2.45) is 0 Å². The molecule has 0 aliphatic rings. The molecular weight excluding hydrogens is 302 g/mol. The number of amides is 1. The van der Waals surface area contributed by atoms with Crippen LogP contribution in [0.4, 0.5) is 10.8 Å². The lowest BCUT2D eigenvalue weighted by atomic mass is 10.3. The van der Waals surface area contributed by atoms with Crippen molar-refractivity contribution in [2.75, 3.05) is 26.1 Å². The molecule has 0 aliphatic carbocycles. The van der Waals surface area contributed by atoms with Crippen LogP contribution in [-0.2, 0) is 0 Å². The third-order valence-electron chi connectivity index (χ3n) is 2.79. The van der Waals surface area contributed by atoms with E-state index >= 15 is 0 Å². The molecule has 0 bridgehead atoms. The fourth-order valence-electron chi connectivity index (χ4n) is 1.71. The van der Waals surface area contributed by atoms with E-state index in [4.69, 9.17) is 9.47 Å². The van der Waals surface area contributed by atoms with E-state index in [1.807, 2.05) is 12.1 Å². The van der Waals surface area contributed by atoms with Gasteiger partial charge in [0.2, 0.25) is 0 Å². The molecule has 1 heterocycles. The van der Waals surface area contributed by atoms with Crippen molar-refractivity contribution in [3.05, 3.63) is 41.9 Å². The number of hydrogen-bond donors (Lipinski definition) is 2. The monoisotopic (exact) mass is 319 g/mol. The smallest absolute Gasteiger partial charge is 0.271 e. The van der Waals surface area contributed by atoms with Gasteiger partial charge in [-0.15, -0.1) is 17.9 Å². The number of carbonyl (C=O) groups is 1. The predicted octanol–water partition coefficient (Wildman–Crippen LogP) is 2.82. The van der Waals surface area contributed by atoms with Gasteiger partial charge in [-0.25, -0.2) is 4.98 Å². The zero-order valence-electron chi connectivity index (χ0n) is 12.4. The molecule has 0 fully saturated rings. The minimum absolute atomic E-state index is 0.231. The lowest BCUT2D eigenvalue weighted by Crippen LogP contribution is -2.23. The van der Waals surface area contributed by atoms with E-state index in [9.17, 15) is 4.79 Å².